The molecule has 3 rings (SSSR count). The molecule has 1 heterocycles. The first-order valence-electron chi connectivity index (χ1n) is 9.77. The van der Waals surface area contributed by atoms with Crippen LogP contribution in [-0.4, -0.2) is 36.2 Å². The molecular formula is C21H27N4O3P. The van der Waals surface area contributed by atoms with Gasteiger partial charge in [-0.05, 0) is 42.6 Å². The van der Waals surface area contributed by atoms with Gasteiger partial charge in [-0.1, -0.05) is 27.8 Å². The van der Waals surface area contributed by atoms with Gasteiger partial charge in [0.25, 0.3) is 5.91 Å². The Morgan fingerprint density at radius 1 is 1.21 bits per heavy atom. The van der Waals surface area contributed by atoms with Crippen LogP contribution in [0.4, 0.5) is 17.2 Å². The minimum absolute atomic E-state index is 0.0512. The van der Waals surface area contributed by atoms with E-state index in [2.05, 4.69) is 35.5 Å². The lowest BCUT2D eigenvalue weighted by Crippen LogP contribution is -2.17. The van der Waals surface area contributed by atoms with Crippen LogP contribution in [0.5, 0.6) is 5.75 Å². The molecule has 1 aliphatic carbocycles. The Morgan fingerprint density at radius 2 is 1.93 bits per heavy atom. The number of nitrogens with two attached hydrogens (primary N) is 1. The number of methoxy groups -OCH3 is 1. The van der Waals surface area contributed by atoms with E-state index in [1.165, 1.54) is 11.5 Å². The first-order chi connectivity index (χ1) is 14.0. The number of aromatic nitrogens is 1. The van der Waals surface area contributed by atoms with Crippen molar-refractivity contribution in [3.05, 3.63) is 36.0 Å². The molecule has 0 radical (unpaired) electrons. The second kappa shape index (κ2) is 9.23. The summed E-state index contributed by atoms with van der Waals surface area (Å²) in [5, 5.41) is 7.29. The summed E-state index contributed by atoms with van der Waals surface area (Å²) in [4.78, 5) is 28.1. The van der Waals surface area contributed by atoms with Crippen LogP contribution >= 0.6 is 7.92 Å². The molecule has 8 heteroatoms. The molecule has 0 spiro atoms. The van der Waals surface area contributed by atoms with Gasteiger partial charge in [0.2, 0.25) is 5.91 Å². The fourth-order valence-corrected chi connectivity index (χ4v) is 4.87. The number of rotatable bonds is 9. The first-order valence-corrected chi connectivity index (χ1v) is 11.5. The van der Waals surface area contributed by atoms with Gasteiger partial charge in [0.05, 0.1) is 24.0 Å². The Hall–Kier alpha value is -2.66. The average molecular weight is 414 g/mol. The van der Waals surface area contributed by atoms with Crippen LogP contribution < -0.4 is 26.4 Å². The van der Waals surface area contributed by atoms with E-state index in [1.54, 1.807) is 13.2 Å². The smallest absolute Gasteiger partial charge is 0.252 e. The Morgan fingerprint density at radius 3 is 2.52 bits per heavy atom. The monoisotopic (exact) mass is 414 g/mol. The van der Waals surface area contributed by atoms with Crippen molar-refractivity contribution < 1.29 is 14.3 Å². The number of anilines is 3. The third kappa shape index (κ3) is 5.04. The van der Waals surface area contributed by atoms with E-state index in [-0.39, 0.29) is 25.3 Å². The number of ether oxygens (including phenoxy) is 1. The van der Waals surface area contributed by atoms with Gasteiger partial charge < -0.3 is 21.1 Å². The minimum Gasteiger partial charge on any atom is -0.495 e. The largest absolute Gasteiger partial charge is 0.495 e. The summed E-state index contributed by atoms with van der Waals surface area (Å²) in [7, 11) is 1.40. The summed E-state index contributed by atoms with van der Waals surface area (Å²) in [6.45, 7) is 4.39. The van der Waals surface area contributed by atoms with Crippen LogP contribution in [0, 0.1) is 5.92 Å². The van der Waals surface area contributed by atoms with Gasteiger partial charge >= 0.3 is 0 Å². The Kier molecular flexibility index (Phi) is 6.70. The quantitative estimate of drug-likeness (QED) is 0.545. The number of primary amides is 1. The fraction of sp³-hybridized carbons (Fsp3) is 0.381. The van der Waals surface area contributed by atoms with Gasteiger partial charge in [-0.25, -0.2) is 4.98 Å². The van der Waals surface area contributed by atoms with Crippen LogP contribution in [0.25, 0.3) is 0 Å². The average Bonchev–Trinajstić information content (AvgIpc) is 3.55. The normalized spacial score (nSPS) is 13.2. The van der Waals surface area contributed by atoms with E-state index in [9.17, 15) is 9.59 Å². The lowest BCUT2D eigenvalue weighted by atomic mass is 10.2. The second-order valence-corrected chi connectivity index (χ2v) is 9.79. The predicted octanol–water partition coefficient (Wildman–Crippen LogP) is 3.43. The van der Waals surface area contributed by atoms with Crippen molar-refractivity contribution in [2.75, 3.05) is 30.1 Å². The molecule has 1 fully saturated rings. The molecule has 2 aromatic rings. The zero-order valence-corrected chi connectivity index (χ0v) is 17.9. The van der Waals surface area contributed by atoms with Crippen molar-refractivity contribution >= 4 is 42.2 Å². The molecule has 29 heavy (non-hydrogen) atoms. The molecule has 0 atom stereocenters. The highest BCUT2D eigenvalue weighted by Gasteiger charge is 2.30. The number of pyridine rings is 1. The van der Waals surface area contributed by atoms with Crippen LogP contribution in [0.3, 0.4) is 0 Å². The molecule has 2 amide bonds. The lowest BCUT2D eigenvalue weighted by Gasteiger charge is -2.18. The molecular weight excluding hydrogens is 387 g/mol. The highest BCUT2D eigenvalue weighted by molar-refractivity contribution is 7.65. The zero-order valence-electron chi connectivity index (χ0n) is 17.0. The van der Waals surface area contributed by atoms with E-state index >= 15 is 0 Å². The Bertz CT molecular complexity index is 911. The Balaban J connectivity index is 1.90. The molecule has 1 saturated carbocycles. The van der Waals surface area contributed by atoms with E-state index < -0.39 is 5.91 Å². The van der Waals surface area contributed by atoms with E-state index in [1.807, 2.05) is 12.1 Å². The number of nitrogens with zero attached hydrogens (tertiary/aromatic N) is 1. The maximum atomic E-state index is 12.0. The van der Waals surface area contributed by atoms with E-state index in [0.717, 1.165) is 25.2 Å². The minimum atomic E-state index is -0.601. The van der Waals surface area contributed by atoms with Crippen molar-refractivity contribution in [3.8, 4) is 5.75 Å². The standard InChI is InChI=1S/C21H27N4O3P/c1-4-29(5-2)14-8-9-16(18(10-14)28-3)24-17-11-19(23-12-15(17)20(22)26)25-21(27)13-6-7-13/h8-13H,4-7H2,1-3H3,(H2,22,26)(H2,23,24,25,27). The van der Waals surface area contributed by atoms with Crippen molar-refractivity contribution in [2.24, 2.45) is 11.7 Å². The van der Waals surface area contributed by atoms with Crippen LogP contribution in [0.2, 0.25) is 0 Å². The number of nitrogens with one attached hydrogen (secondary N) is 2. The molecule has 0 saturated heterocycles. The van der Waals surface area contributed by atoms with Crippen molar-refractivity contribution in [2.45, 2.75) is 26.7 Å². The SMILES string of the molecule is CCP(CC)c1ccc(Nc2cc(NC(=O)C3CC3)ncc2C(N)=O)c(OC)c1. The van der Waals surface area contributed by atoms with Crippen molar-refractivity contribution in [1.82, 2.24) is 4.98 Å². The van der Waals surface area contributed by atoms with Crippen molar-refractivity contribution in [3.63, 3.8) is 0 Å². The third-order valence-corrected chi connectivity index (χ3v) is 7.49. The summed E-state index contributed by atoms with van der Waals surface area (Å²) in [6, 6.07) is 7.70. The molecule has 154 valence electrons. The molecule has 0 bridgehead atoms. The number of carbonyl (C=O) groups is 2. The fourth-order valence-electron chi connectivity index (χ4n) is 3.11. The molecule has 0 aliphatic heterocycles. The highest BCUT2D eigenvalue weighted by atomic mass is 31.1. The number of hydrogen-bond acceptors (Lipinski definition) is 5. The zero-order chi connectivity index (χ0) is 21.0. The predicted molar refractivity (Wildman–Crippen MR) is 118 cm³/mol. The number of benzene rings is 1. The van der Waals surface area contributed by atoms with E-state index in [0.29, 0.717) is 22.9 Å². The van der Waals surface area contributed by atoms with Crippen LogP contribution in [-0.2, 0) is 4.79 Å². The summed E-state index contributed by atoms with van der Waals surface area (Å²) in [5.74, 6) is 0.475. The summed E-state index contributed by atoms with van der Waals surface area (Å²) < 4.78 is 5.58. The van der Waals surface area contributed by atoms with Crippen LogP contribution in [0.15, 0.2) is 30.5 Å². The number of amides is 2. The third-order valence-electron chi connectivity index (χ3n) is 4.95. The molecule has 1 aromatic heterocycles. The topological polar surface area (TPSA) is 106 Å². The number of carbonyl (C=O) groups excluding carboxylic acids is 2. The Labute approximate surface area is 172 Å². The van der Waals surface area contributed by atoms with Gasteiger partial charge in [0, 0.05) is 18.2 Å². The van der Waals surface area contributed by atoms with Gasteiger partial charge in [0.1, 0.15) is 11.6 Å². The number of hydrogen-bond donors (Lipinski definition) is 3. The van der Waals surface area contributed by atoms with Gasteiger partial charge in [0.15, 0.2) is 0 Å². The highest BCUT2D eigenvalue weighted by Crippen LogP contribution is 2.37. The maximum absolute atomic E-state index is 12.0. The van der Waals surface area contributed by atoms with Crippen molar-refractivity contribution in [1.29, 1.82) is 0 Å². The van der Waals surface area contributed by atoms with Gasteiger partial charge in [-0.2, -0.15) is 0 Å². The summed E-state index contributed by atoms with van der Waals surface area (Å²) in [6.07, 6.45) is 5.40. The lowest BCUT2D eigenvalue weighted by molar-refractivity contribution is -0.117. The molecule has 7 nitrogen and oxygen atoms in total. The summed E-state index contributed by atoms with van der Waals surface area (Å²) >= 11 is 0. The van der Waals surface area contributed by atoms with Gasteiger partial charge in [-0.3, -0.25) is 9.59 Å². The maximum Gasteiger partial charge on any atom is 0.252 e. The first kappa shape index (κ1) is 21.1. The molecule has 1 aliphatic rings. The molecule has 4 N–H and O–H groups in total. The molecule has 0 unspecified atom stereocenters. The van der Waals surface area contributed by atoms with E-state index in [4.69, 9.17) is 10.5 Å². The summed E-state index contributed by atoms with van der Waals surface area (Å²) in [5.41, 5.74) is 6.94. The van der Waals surface area contributed by atoms with Crippen LogP contribution in [0.1, 0.15) is 37.0 Å². The second-order valence-electron chi connectivity index (χ2n) is 6.92. The van der Waals surface area contributed by atoms with Gasteiger partial charge in [-0.15, -0.1) is 0 Å². The molecule has 1 aromatic carbocycles.